The summed E-state index contributed by atoms with van der Waals surface area (Å²) in [5.41, 5.74) is 0.443. The summed E-state index contributed by atoms with van der Waals surface area (Å²) in [7, 11) is 1.34. The van der Waals surface area contributed by atoms with Gasteiger partial charge in [0.25, 0.3) is 0 Å². The van der Waals surface area contributed by atoms with Crippen LogP contribution in [0.15, 0.2) is 24.3 Å². The van der Waals surface area contributed by atoms with Gasteiger partial charge in [0.1, 0.15) is 5.75 Å². The molecule has 1 aromatic carbocycles. The summed E-state index contributed by atoms with van der Waals surface area (Å²) in [6.07, 6.45) is 1.83. The van der Waals surface area contributed by atoms with Crippen LogP contribution in [0.3, 0.4) is 0 Å². The first-order chi connectivity index (χ1) is 7.17. The molecule has 0 amide bonds. The number of methoxy groups -OCH3 is 1. The highest BCUT2D eigenvalue weighted by molar-refractivity contribution is 8.22. The van der Waals surface area contributed by atoms with E-state index < -0.39 is 5.97 Å². The van der Waals surface area contributed by atoms with Crippen molar-refractivity contribution in [1.82, 2.24) is 0 Å². The highest BCUT2D eigenvalue weighted by Crippen LogP contribution is 2.16. The fraction of sp³-hybridized carbons (Fsp3) is 0.200. The molecule has 0 aliphatic rings. The van der Waals surface area contributed by atoms with Gasteiger partial charge in [0.15, 0.2) is 0 Å². The highest BCUT2D eigenvalue weighted by Gasteiger charge is 2.06. The van der Waals surface area contributed by atoms with E-state index >= 15 is 0 Å². The van der Waals surface area contributed by atoms with E-state index in [4.69, 9.17) is 17.0 Å². The van der Waals surface area contributed by atoms with Gasteiger partial charge in [0.05, 0.1) is 12.7 Å². The van der Waals surface area contributed by atoms with Crippen LogP contribution in [-0.2, 0) is 4.74 Å². The third kappa shape index (κ3) is 3.53. The van der Waals surface area contributed by atoms with Crippen molar-refractivity contribution in [3.05, 3.63) is 29.8 Å². The van der Waals surface area contributed by atoms with Crippen LogP contribution in [-0.4, -0.2) is 23.7 Å². The largest absolute Gasteiger partial charge is 0.465 e. The molecule has 0 radical (unpaired) electrons. The zero-order valence-electron chi connectivity index (χ0n) is 8.35. The number of ether oxygens (including phenoxy) is 2. The third-order valence-electron chi connectivity index (χ3n) is 1.62. The molecular weight excluding hydrogens is 232 g/mol. The normalized spacial score (nSPS) is 9.47. The van der Waals surface area contributed by atoms with Crippen LogP contribution in [0.1, 0.15) is 10.4 Å². The van der Waals surface area contributed by atoms with Crippen molar-refractivity contribution < 1.29 is 14.3 Å². The van der Waals surface area contributed by atoms with Crippen LogP contribution >= 0.6 is 24.0 Å². The lowest BCUT2D eigenvalue weighted by Gasteiger charge is -2.05. The summed E-state index contributed by atoms with van der Waals surface area (Å²) >= 11 is 6.23. The van der Waals surface area contributed by atoms with Crippen LogP contribution in [0.4, 0.5) is 0 Å². The lowest BCUT2D eigenvalue weighted by atomic mass is 10.2. The van der Waals surface area contributed by atoms with Gasteiger partial charge in [-0.25, -0.2) is 4.79 Å². The number of esters is 1. The summed E-state index contributed by atoms with van der Waals surface area (Å²) < 4.78 is 10.3. The van der Waals surface area contributed by atoms with E-state index in [0.717, 1.165) is 0 Å². The second-order valence-corrected chi connectivity index (χ2v) is 3.98. The van der Waals surface area contributed by atoms with Gasteiger partial charge in [0, 0.05) is 0 Å². The van der Waals surface area contributed by atoms with E-state index in [2.05, 4.69) is 4.74 Å². The Labute approximate surface area is 97.8 Å². The summed E-state index contributed by atoms with van der Waals surface area (Å²) in [5, 5.41) is 0. The van der Waals surface area contributed by atoms with E-state index in [0.29, 0.717) is 15.7 Å². The minimum atomic E-state index is -0.393. The fourth-order valence-corrected chi connectivity index (χ4v) is 1.22. The first kappa shape index (κ1) is 12.0. The predicted molar refractivity (Wildman–Crippen MR) is 64.5 cm³/mol. The van der Waals surface area contributed by atoms with Gasteiger partial charge in [-0.1, -0.05) is 17.8 Å². The maximum atomic E-state index is 11.2. The van der Waals surface area contributed by atoms with Crippen LogP contribution in [0.2, 0.25) is 0 Å². The highest BCUT2D eigenvalue weighted by atomic mass is 32.2. The molecule has 5 heteroatoms. The van der Waals surface area contributed by atoms with Gasteiger partial charge >= 0.3 is 5.97 Å². The smallest absolute Gasteiger partial charge is 0.337 e. The van der Waals surface area contributed by atoms with Gasteiger partial charge in [-0.05, 0) is 36.7 Å². The van der Waals surface area contributed by atoms with Crippen LogP contribution in [0.5, 0.6) is 5.75 Å². The molecule has 80 valence electrons. The molecule has 1 aromatic rings. The van der Waals surface area contributed by atoms with Crippen molar-refractivity contribution in [2.45, 2.75) is 0 Å². The van der Waals surface area contributed by atoms with Gasteiger partial charge < -0.3 is 9.47 Å². The van der Waals surface area contributed by atoms with E-state index in [1.54, 1.807) is 24.3 Å². The first-order valence-electron chi connectivity index (χ1n) is 4.11. The topological polar surface area (TPSA) is 35.5 Å². The average Bonchev–Trinajstić information content (AvgIpc) is 2.28. The zero-order chi connectivity index (χ0) is 11.3. The van der Waals surface area contributed by atoms with Crippen molar-refractivity contribution in [3.63, 3.8) is 0 Å². The Hall–Kier alpha value is -1.07. The molecule has 3 nitrogen and oxygen atoms in total. The second kappa shape index (κ2) is 5.72. The minimum absolute atomic E-state index is 0.393. The SMILES string of the molecule is COC(=O)c1cccc(OC(=S)SC)c1. The molecule has 0 unspecified atom stereocenters. The van der Waals surface area contributed by atoms with Crippen LogP contribution in [0, 0.1) is 0 Å². The van der Waals surface area contributed by atoms with Crippen molar-refractivity contribution in [2.75, 3.05) is 13.4 Å². The molecule has 15 heavy (non-hydrogen) atoms. The van der Waals surface area contributed by atoms with Gasteiger partial charge in [-0.15, -0.1) is 0 Å². The lowest BCUT2D eigenvalue weighted by molar-refractivity contribution is 0.0600. The quantitative estimate of drug-likeness (QED) is 0.588. The maximum Gasteiger partial charge on any atom is 0.337 e. The molecular formula is C10H10O3S2. The van der Waals surface area contributed by atoms with Crippen molar-refractivity contribution >= 4 is 34.3 Å². The molecule has 0 atom stereocenters. The predicted octanol–water partition coefficient (Wildman–Crippen LogP) is 2.50. The van der Waals surface area contributed by atoms with E-state index in [1.807, 2.05) is 6.26 Å². The Bertz CT molecular complexity index is 377. The molecule has 0 aliphatic carbocycles. The van der Waals surface area contributed by atoms with Crippen molar-refractivity contribution in [1.29, 1.82) is 0 Å². The molecule has 0 heterocycles. The molecule has 0 fully saturated rings. The molecule has 0 saturated heterocycles. The number of hydrogen-bond donors (Lipinski definition) is 0. The van der Waals surface area contributed by atoms with E-state index in [9.17, 15) is 4.79 Å². The Morgan fingerprint density at radius 2 is 2.20 bits per heavy atom. The Balaban J connectivity index is 2.83. The zero-order valence-corrected chi connectivity index (χ0v) is 9.98. The molecule has 1 rings (SSSR count). The van der Waals surface area contributed by atoms with Crippen molar-refractivity contribution in [3.8, 4) is 5.75 Å². The fourth-order valence-electron chi connectivity index (χ4n) is 0.942. The summed E-state index contributed by atoms with van der Waals surface area (Å²) in [5.74, 6) is 0.146. The monoisotopic (exact) mass is 242 g/mol. The lowest BCUT2D eigenvalue weighted by Crippen LogP contribution is -2.03. The second-order valence-electron chi connectivity index (χ2n) is 2.58. The Kier molecular flexibility index (Phi) is 4.58. The summed E-state index contributed by atoms with van der Waals surface area (Å²) in [4.78, 5) is 11.2. The van der Waals surface area contributed by atoms with E-state index in [-0.39, 0.29) is 0 Å². The number of hydrogen-bond acceptors (Lipinski definition) is 5. The van der Waals surface area contributed by atoms with Gasteiger partial charge in [-0.3, -0.25) is 0 Å². The number of rotatable bonds is 2. The number of benzene rings is 1. The maximum absolute atomic E-state index is 11.2. The molecule has 0 spiro atoms. The number of thioether (sulfide) groups is 1. The van der Waals surface area contributed by atoms with Gasteiger partial charge in [0.2, 0.25) is 4.38 Å². The molecule has 0 N–H and O–H groups in total. The molecule has 0 aliphatic heterocycles. The van der Waals surface area contributed by atoms with Crippen molar-refractivity contribution in [2.24, 2.45) is 0 Å². The van der Waals surface area contributed by atoms with Crippen LogP contribution < -0.4 is 4.74 Å². The first-order valence-corrected chi connectivity index (χ1v) is 5.75. The van der Waals surface area contributed by atoms with Crippen LogP contribution in [0.25, 0.3) is 0 Å². The molecule has 0 aromatic heterocycles. The van der Waals surface area contributed by atoms with E-state index in [1.165, 1.54) is 18.9 Å². The Morgan fingerprint density at radius 1 is 1.47 bits per heavy atom. The number of carbonyl (C=O) groups is 1. The minimum Gasteiger partial charge on any atom is -0.465 e. The van der Waals surface area contributed by atoms with Gasteiger partial charge in [-0.2, -0.15) is 0 Å². The summed E-state index contributed by atoms with van der Waals surface area (Å²) in [6, 6.07) is 6.69. The number of carbonyl (C=O) groups excluding carboxylic acids is 1. The molecule has 0 bridgehead atoms. The Morgan fingerprint density at radius 3 is 2.80 bits per heavy atom. The average molecular weight is 242 g/mol. The standard InChI is InChI=1S/C10H10O3S2/c1-12-9(11)7-4-3-5-8(6-7)13-10(14)15-2/h3-6H,1-2H3. The molecule has 0 saturated carbocycles. The summed E-state index contributed by atoms with van der Waals surface area (Å²) in [6.45, 7) is 0. The third-order valence-corrected chi connectivity index (χ3v) is 2.62. The number of thiocarbonyl (C=S) groups is 1.